The van der Waals surface area contributed by atoms with Crippen molar-refractivity contribution in [2.24, 2.45) is 5.92 Å². The first-order valence-corrected chi connectivity index (χ1v) is 6.13. The highest BCUT2D eigenvalue weighted by Gasteiger charge is 2.20. The molecule has 0 spiro atoms. The van der Waals surface area contributed by atoms with E-state index in [1.807, 2.05) is 6.07 Å². The molecular weight excluding hydrogens is 217 g/mol. The minimum Gasteiger partial charge on any atom is -0.328 e. The third-order valence-corrected chi connectivity index (χ3v) is 3.44. The molecule has 0 saturated carbocycles. The lowest BCUT2D eigenvalue weighted by molar-refractivity contribution is 0.338. The van der Waals surface area contributed by atoms with Gasteiger partial charge >= 0.3 is 0 Å². The molecule has 1 fully saturated rings. The van der Waals surface area contributed by atoms with Crippen LogP contribution >= 0.6 is 0 Å². The molecule has 2 aromatic rings. The summed E-state index contributed by atoms with van der Waals surface area (Å²) in [4.78, 5) is 4.56. The molecule has 1 aromatic carbocycles. The molecule has 0 bridgehead atoms. The second-order valence-corrected chi connectivity index (χ2v) is 4.63. The Balaban J connectivity index is 2.03. The van der Waals surface area contributed by atoms with Crippen LogP contribution in [0.15, 0.2) is 18.2 Å². The summed E-state index contributed by atoms with van der Waals surface area (Å²) in [6.45, 7) is 5.13. The van der Waals surface area contributed by atoms with E-state index in [4.69, 9.17) is 0 Å². The highest BCUT2D eigenvalue weighted by Crippen LogP contribution is 2.20. The molecule has 17 heavy (non-hydrogen) atoms. The van der Waals surface area contributed by atoms with Gasteiger partial charge in [0.1, 0.15) is 11.6 Å². The summed E-state index contributed by atoms with van der Waals surface area (Å²) >= 11 is 0. The fraction of sp³-hybridized carbons (Fsp3) is 0.462. The lowest BCUT2D eigenvalue weighted by Gasteiger charge is -2.26. The third-order valence-electron chi connectivity index (χ3n) is 3.44. The van der Waals surface area contributed by atoms with E-state index < -0.39 is 0 Å². The molecule has 0 radical (unpaired) electrons. The van der Waals surface area contributed by atoms with E-state index in [2.05, 4.69) is 21.8 Å². The third kappa shape index (κ3) is 1.82. The molecule has 0 unspecified atom stereocenters. The Morgan fingerprint density at radius 3 is 2.94 bits per heavy atom. The molecule has 1 N–H and O–H groups in total. The average Bonchev–Trinajstić information content (AvgIpc) is 2.59. The summed E-state index contributed by atoms with van der Waals surface area (Å²) in [5.41, 5.74) is 1.81. The number of hydrogen-bond donors (Lipinski definition) is 1. The van der Waals surface area contributed by atoms with Crippen LogP contribution in [0.2, 0.25) is 0 Å². The molecule has 0 aliphatic carbocycles. The number of aryl methyl sites for hydroxylation is 1. The number of aromatic nitrogens is 2. The molecule has 1 aromatic heterocycles. The Bertz CT molecular complexity index is 543. The number of fused-ring (bicyclic) bond motifs is 1. The fourth-order valence-electron chi connectivity index (χ4n) is 2.41. The van der Waals surface area contributed by atoms with Crippen LogP contribution in [0.4, 0.5) is 4.39 Å². The summed E-state index contributed by atoms with van der Waals surface area (Å²) in [5, 5.41) is 3.26. The topological polar surface area (TPSA) is 29.9 Å². The van der Waals surface area contributed by atoms with Crippen molar-refractivity contribution in [1.82, 2.24) is 14.9 Å². The zero-order valence-electron chi connectivity index (χ0n) is 9.91. The molecule has 0 atom stereocenters. The van der Waals surface area contributed by atoms with Crippen LogP contribution < -0.4 is 5.32 Å². The van der Waals surface area contributed by atoms with Crippen LogP contribution in [-0.4, -0.2) is 22.6 Å². The Kier molecular flexibility index (Phi) is 2.59. The second-order valence-electron chi connectivity index (χ2n) is 4.63. The molecule has 1 aliphatic heterocycles. The quantitative estimate of drug-likeness (QED) is 0.878. The smallest absolute Gasteiger partial charge is 0.125 e. The summed E-state index contributed by atoms with van der Waals surface area (Å²) in [7, 11) is 0. The van der Waals surface area contributed by atoms with Crippen molar-refractivity contribution in [3.8, 4) is 0 Å². The van der Waals surface area contributed by atoms with Crippen molar-refractivity contribution in [3.63, 3.8) is 0 Å². The zero-order valence-corrected chi connectivity index (χ0v) is 9.91. The average molecular weight is 233 g/mol. The lowest BCUT2D eigenvalue weighted by Crippen LogP contribution is -2.43. The molecule has 3 rings (SSSR count). The maximum Gasteiger partial charge on any atom is 0.125 e. The SMILES string of the molecule is CCn1c(CC2CNC2)nc2cc(F)ccc21. The Morgan fingerprint density at radius 1 is 1.47 bits per heavy atom. The first-order chi connectivity index (χ1) is 8.28. The van der Waals surface area contributed by atoms with E-state index in [0.29, 0.717) is 5.92 Å². The molecule has 90 valence electrons. The van der Waals surface area contributed by atoms with Gasteiger partial charge in [0.05, 0.1) is 11.0 Å². The lowest BCUT2D eigenvalue weighted by atomic mass is 9.99. The van der Waals surface area contributed by atoms with Crippen LogP contribution in [0, 0.1) is 11.7 Å². The van der Waals surface area contributed by atoms with Crippen LogP contribution in [0.1, 0.15) is 12.7 Å². The summed E-state index contributed by atoms with van der Waals surface area (Å²) in [6, 6.07) is 4.85. The van der Waals surface area contributed by atoms with Crippen molar-refractivity contribution in [2.75, 3.05) is 13.1 Å². The standard InChI is InChI=1S/C13H16FN3/c1-2-17-12-4-3-10(14)6-11(12)16-13(17)5-9-7-15-8-9/h3-4,6,9,15H,2,5,7-8H2,1H3. The van der Waals surface area contributed by atoms with Crippen LogP contribution in [-0.2, 0) is 13.0 Å². The van der Waals surface area contributed by atoms with Crippen molar-refractivity contribution in [2.45, 2.75) is 19.9 Å². The highest BCUT2D eigenvalue weighted by atomic mass is 19.1. The molecular formula is C13H16FN3. The molecule has 3 nitrogen and oxygen atoms in total. The van der Waals surface area contributed by atoms with Crippen LogP contribution in [0.5, 0.6) is 0 Å². The number of nitrogens with one attached hydrogen (secondary N) is 1. The number of hydrogen-bond acceptors (Lipinski definition) is 2. The number of imidazole rings is 1. The highest BCUT2D eigenvalue weighted by molar-refractivity contribution is 5.76. The largest absolute Gasteiger partial charge is 0.328 e. The zero-order chi connectivity index (χ0) is 11.8. The van der Waals surface area contributed by atoms with Gasteiger partial charge in [-0.15, -0.1) is 0 Å². The van der Waals surface area contributed by atoms with Crippen molar-refractivity contribution < 1.29 is 4.39 Å². The van der Waals surface area contributed by atoms with Crippen molar-refractivity contribution in [1.29, 1.82) is 0 Å². The maximum absolute atomic E-state index is 13.2. The minimum absolute atomic E-state index is 0.213. The molecule has 4 heteroatoms. The van der Waals surface area contributed by atoms with E-state index in [9.17, 15) is 4.39 Å². The van der Waals surface area contributed by atoms with Crippen LogP contribution in [0.3, 0.4) is 0 Å². The molecule has 0 amide bonds. The monoisotopic (exact) mass is 233 g/mol. The summed E-state index contributed by atoms with van der Waals surface area (Å²) in [5.74, 6) is 1.55. The van der Waals surface area contributed by atoms with E-state index in [-0.39, 0.29) is 5.82 Å². The molecule has 1 saturated heterocycles. The van der Waals surface area contributed by atoms with Gasteiger partial charge in [-0.05, 0) is 38.1 Å². The van der Waals surface area contributed by atoms with E-state index in [1.165, 1.54) is 12.1 Å². The summed E-state index contributed by atoms with van der Waals surface area (Å²) in [6.07, 6.45) is 0.983. The van der Waals surface area contributed by atoms with E-state index in [1.54, 1.807) is 0 Å². The van der Waals surface area contributed by atoms with E-state index in [0.717, 1.165) is 42.9 Å². The summed E-state index contributed by atoms with van der Waals surface area (Å²) < 4.78 is 15.3. The first kappa shape index (κ1) is 10.7. The fourth-order valence-corrected chi connectivity index (χ4v) is 2.41. The van der Waals surface area contributed by atoms with Gasteiger partial charge in [-0.1, -0.05) is 0 Å². The van der Waals surface area contributed by atoms with Gasteiger partial charge in [0.25, 0.3) is 0 Å². The Hall–Kier alpha value is -1.42. The minimum atomic E-state index is -0.213. The van der Waals surface area contributed by atoms with Gasteiger partial charge in [0.2, 0.25) is 0 Å². The van der Waals surface area contributed by atoms with Gasteiger partial charge in [0, 0.05) is 19.0 Å². The number of rotatable bonds is 3. The number of benzene rings is 1. The van der Waals surface area contributed by atoms with Crippen LogP contribution in [0.25, 0.3) is 11.0 Å². The normalized spacial score (nSPS) is 16.4. The van der Waals surface area contributed by atoms with Gasteiger partial charge in [-0.3, -0.25) is 0 Å². The molecule has 1 aliphatic rings. The Morgan fingerprint density at radius 2 is 2.29 bits per heavy atom. The predicted molar refractivity (Wildman–Crippen MR) is 65.4 cm³/mol. The van der Waals surface area contributed by atoms with Gasteiger partial charge in [-0.2, -0.15) is 0 Å². The number of nitrogens with zero attached hydrogens (tertiary/aromatic N) is 2. The van der Waals surface area contributed by atoms with Gasteiger partial charge in [0.15, 0.2) is 0 Å². The molecule has 2 heterocycles. The number of halogens is 1. The maximum atomic E-state index is 13.2. The van der Waals surface area contributed by atoms with E-state index >= 15 is 0 Å². The van der Waals surface area contributed by atoms with Crippen molar-refractivity contribution >= 4 is 11.0 Å². The van der Waals surface area contributed by atoms with Gasteiger partial charge in [-0.25, -0.2) is 9.37 Å². The predicted octanol–water partition coefficient (Wildman–Crippen LogP) is 1.96. The van der Waals surface area contributed by atoms with Crippen molar-refractivity contribution in [3.05, 3.63) is 29.8 Å². The Labute approximate surface area is 99.7 Å². The first-order valence-electron chi connectivity index (χ1n) is 6.13. The van der Waals surface area contributed by atoms with Gasteiger partial charge < -0.3 is 9.88 Å². The second kappa shape index (κ2) is 4.11.